The maximum absolute atomic E-state index is 13.1. The average Bonchev–Trinajstić information content (AvgIpc) is 3.52. The molecule has 31 heavy (non-hydrogen) atoms. The highest BCUT2D eigenvalue weighted by molar-refractivity contribution is 7.89. The Hall–Kier alpha value is -2.88. The zero-order chi connectivity index (χ0) is 21.6. The van der Waals surface area contributed by atoms with E-state index in [1.54, 1.807) is 11.4 Å². The van der Waals surface area contributed by atoms with Crippen molar-refractivity contribution >= 4 is 54.9 Å². The third-order valence-electron chi connectivity index (χ3n) is 5.47. The second-order valence-corrected chi connectivity index (χ2v) is 10.1. The number of nitrogens with zero attached hydrogens (tertiary/aromatic N) is 1. The van der Waals surface area contributed by atoms with Gasteiger partial charge in [0, 0.05) is 29.9 Å². The normalized spacial score (nSPS) is 15.0. The van der Waals surface area contributed by atoms with E-state index < -0.39 is 15.9 Å². The number of furan rings is 1. The lowest BCUT2D eigenvalue weighted by atomic mass is 10.1. The SMILES string of the molecule is COc1cc2c(cc1NC(=O)c1sccc1S(=O)(=O)N1CCCC1)oc1ccccc12. The van der Waals surface area contributed by atoms with E-state index in [-0.39, 0.29) is 9.77 Å². The number of hydrogen-bond donors (Lipinski definition) is 1. The molecule has 0 spiro atoms. The number of rotatable bonds is 5. The first-order valence-corrected chi connectivity index (χ1v) is 12.2. The fourth-order valence-corrected chi connectivity index (χ4v) is 6.74. The van der Waals surface area contributed by atoms with Gasteiger partial charge in [-0.3, -0.25) is 4.79 Å². The fourth-order valence-electron chi connectivity index (χ4n) is 3.93. The Morgan fingerprint density at radius 3 is 2.65 bits per heavy atom. The molecular formula is C22H20N2O5S2. The van der Waals surface area contributed by atoms with E-state index in [1.165, 1.54) is 17.5 Å². The molecule has 0 unspecified atom stereocenters. The first kappa shape index (κ1) is 20.0. The van der Waals surface area contributed by atoms with Gasteiger partial charge >= 0.3 is 0 Å². The maximum atomic E-state index is 13.1. The Kier molecular flexibility index (Phi) is 4.96. The van der Waals surface area contributed by atoms with Crippen LogP contribution in [0.15, 0.2) is 57.2 Å². The number of para-hydroxylation sites is 1. The molecule has 2 aromatic heterocycles. The number of hydrogen-bond acceptors (Lipinski definition) is 6. The smallest absolute Gasteiger partial charge is 0.267 e. The number of ether oxygens (including phenoxy) is 1. The maximum Gasteiger partial charge on any atom is 0.267 e. The van der Waals surface area contributed by atoms with Crippen LogP contribution in [0.3, 0.4) is 0 Å². The number of fused-ring (bicyclic) bond motifs is 3. The van der Waals surface area contributed by atoms with Crippen LogP contribution in [0.2, 0.25) is 0 Å². The van der Waals surface area contributed by atoms with Gasteiger partial charge in [-0.05, 0) is 36.4 Å². The van der Waals surface area contributed by atoms with Crippen molar-refractivity contribution in [3.63, 3.8) is 0 Å². The molecule has 0 atom stereocenters. The molecule has 4 aromatic rings. The Morgan fingerprint density at radius 1 is 1.10 bits per heavy atom. The molecule has 1 N–H and O–H groups in total. The molecule has 1 aliphatic rings. The number of nitrogens with one attached hydrogen (secondary N) is 1. The highest BCUT2D eigenvalue weighted by atomic mass is 32.2. The number of anilines is 1. The molecule has 9 heteroatoms. The molecule has 1 saturated heterocycles. The van der Waals surface area contributed by atoms with Gasteiger partial charge in [0.25, 0.3) is 5.91 Å². The molecule has 5 rings (SSSR count). The van der Waals surface area contributed by atoms with Gasteiger partial charge in [-0.2, -0.15) is 4.31 Å². The predicted molar refractivity (Wildman–Crippen MR) is 121 cm³/mol. The molecule has 1 amide bonds. The summed E-state index contributed by atoms with van der Waals surface area (Å²) in [6.45, 7) is 0.964. The molecule has 3 heterocycles. The van der Waals surface area contributed by atoms with Crippen molar-refractivity contribution < 1.29 is 22.4 Å². The van der Waals surface area contributed by atoms with Crippen LogP contribution in [0.1, 0.15) is 22.5 Å². The summed E-state index contributed by atoms with van der Waals surface area (Å²) < 4.78 is 38.8. The highest BCUT2D eigenvalue weighted by Gasteiger charge is 2.32. The quantitative estimate of drug-likeness (QED) is 0.471. The first-order valence-electron chi connectivity index (χ1n) is 9.87. The lowest BCUT2D eigenvalue weighted by Gasteiger charge is -2.16. The zero-order valence-electron chi connectivity index (χ0n) is 16.8. The average molecular weight is 457 g/mol. The number of benzene rings is 2. The Bertz CT molecular complexity index is 1400. The van der Waals surface area contributed by atoms with Crippen molar-refractivity contribution in [3.05, 3.63) is 52.7 Å². The summed E-state index contributed by atoms with van der Waals surface area (Å²) in [5.41, 5.74) is 1.76. The van der Waals surface area contributed by atoms with Crippen LogP contribution in [0.4, 0.5) is 5.69 Å². The monoisotopic (exact) mass is 456 g/mol. The van der Waals surface area contributed by atoms with Gasteiger partial charge in [0.1, 0.15) is 26.7 Å². The van der Waals surface area contributed by atoms with Crippen molar-refractivity contribution in [2.24, 2.45) is 0 Å². The highest BCUT2D eigenvalue weighted by Crippen LogP contribution is 2.37. The van der Waals surface area contributed by atoms with Gasteiger partial charge < -0.3 is 14.5 Å². The van der Waals surface area contributed by atoms with Gasteiger partial charge in [0.05, 0.1) is 12.8 Å². The van der Waals surface area contributed by atoms with Crippen LogP contribution in [0, 0.1) is 0 Å². The minimum atomic E-state index is -3.70. The van der Waals surface area contributed by atoms with Crippen LogP contribution in [-0.2, 0) is 10.0 Å². The van der Waals surface area contributed by atoms with Crippen LogP contribution in [0.25, 0.3) is 21.9 Å². The lowest BCUT2D eigenvalue weighted by Crippen LogP contribution is -2.29. The molecule has 0 saturated carbocycles. The van der Waals surface area contributed by atoms with Crippen LogP contribution < -0.4 is 10.1 Å². The molecule has 160 valence electrons. The summed E-state index contributed by atoms with van der Waals surface area (Å²) in [6, 6.07) is 12.7. The second-order valence-electron chi connectivity index (χ2n) is 7.33. The standard InChI is InChI=1S/C22H20N2O5S2/c1-28-19-12-15-14-6-2-3-7-17(14)29-18(15)13-16(19)23-22(25)21-20(8-11-30-21)31(26,27)24-9-4-5-10-24/h2-3,6-8,11-13H,4-5,9-10H2,1H3,(H,23,25). The lowest BCUT2D eigenvalue weighted by molar-refractivity contribution is 0.102. The summed E-state index contributed by atoms with van der Waals surface area (Å²) >= 11 is 1.10. The van der Waals surface area contributed by atoms with Gasteiger partial charge in [0.2, 0.25) is 10.0 Å². The largest absolute Gasteiger partial charge is 0.495 e. The minimum Gasteiger partial charge on any atom is -0.495 e. The summed E-state index contributed by atoms with van der Waals surface area (Å²) in [5.74, 6) is -0.0329. The van der Waals surface area contributed by atoms with Gasteiger partial charge in [-0.1, -0.05) is 18.2 Å². The number of carbonyl (C=O) groups is 1. The third kappa shape index (κ3) is 3.38. The van der Waals surface area contributed by atoms with E-state index in [2.05, 4.69) is 5.32 Å². The van der Waals surface area contributed by atoms with Crippen LogP contribution in [0.5, 0.6) is 5.75 Å². The van der Waals surface area contributed by atoms with E-state index in [4.69, 9.17) is 9.15 Å². The summed E-state index contributed by atoms with van der Waals surface area (Å²) in [7, 11) is -2.18. The summed E-state index contributed by atoms with van der Waals surface area (Å²) in [4.78, 5) is 13.3. The number of sulfonamides is 1. The summed E-state index contributed by atoms with van der Waals surface area (Å²) in [6.07, 6.45) is 1.67. The van der Waals surface area contributed by atoms with E-state index in [0.717, 1.165) is 40.5 Å². The van der Waals surface area contributed by atoms with E-state index in [9.17, 15) is 13.2 Å². The number of amides is 1. The predicted octanol–water partition coefficient (Wildman–Crippen LogP) is 4.69. The zero-order valence-corrected chi connectivity index (χ0v) is 18.4. The second kappa shape index (κ2) is 7.67. The van der Waals surface area contributed by atoms with E-state index in [0.29, 0.717) is 30.1 Å². The van der Waals surface area contributed by atoms with Crippen LogP contribution >= 0.6 is 11.3 Å². The van der Waals surface area contributed by atoms with E-state index in [1.807, 2.05) is 30.3 Å². The number of thiophene rings is 1. The fraction of sp³-hybridized carbons (Fsp3) is 0.227. The van der Waals surface area contributed by atoms with E-state index >= 15 is 0 Å². The number of methoxy groups -OCH3 is 1. The first-order chi connectivity index (χ1) is 15.0. The van der Waals surface area contributed by atoms with Crippen molar-refractivity contribution in [1.29, 1.82) is 0 Å². The van der Waals surface area contributed by atoms with Crippen molar-refractivity contribution in [1.82, 2.24) is 4.31 Å². The summed E-state index contributed by atoms with van der Waals surface area (Å²) in [5, 5.41) is 6.25. The Balaban J connectivity index is 1.51. The Morgan fingerprint density at radius 2 is 1.87 bits per heavy atom. The van der Waals surface area contributed by atoms with Gasteiger partial charge in [-0.15, -0.1) is 11.3 Å². The minimum absolute atomic E-state index is 0.0423. The number of carbonyl (C=O) groups excluding carboxylic acids is 1. The topological polar surface area (TPSA) is 88.8 Å². The molecule has 7 nitrogen and oxygen atoms in total. The molecule has 0 aliphatic carbocycles. The molecule has 0 bridgehead atoms. The molecule has 0 radical (unpaired) electrons. The van der Waals surface area contributed by atoms with Crippen molar-refractivity contribution in [2.75, 3.05) is 25.5 Å². The molecule has 1 fully saturated rings. The molecular weight excluding hydrogens is 436 g/mol. The molecule has 1 aliphatic heterocycles. The Labute approximate surface area is 183 Å². The van der Waals surface area contributed by atoms with Crippen molar-refractivity contribution in [3.8, 4) is 5.75 Å². The van der Waals surface area contributed by atoms with Gasteiger partial charge in [0.15, 0.2) is 0 Å². The van der Waals surface area contributed by atoms with Crippen LogP contribution in [-0.4, -0.2) is 38.8 Å². The molecule has 2 aromatic carbocycles. The van der Waals surface area contributed by atoms with Gasteiger partial charge in [-0.25, -0.2) is 8.42 Å². The van der Waals surface area contributed by atoms with Crippen molar-refractivity contribution in [2.45, 2.75) is 17.7 Å². The third-order valence-corrected chi connectivity index (χ3v) is 8.45.